The van der Waals surface area contributed by atoms with Crippen molar-refractivity contribution >= 4 is 21.9 Å². The van der Waals surface area contributed by atoms with E-state index in [1.54, 1.807) is 26.8 Å². The lowest BCUT2D eigenvalue weighted by Gasteiger charge is -2.19. The van der Waals surface area contributed by atoms with Crippen LogP contribution in [-0.2, 0) is 9.53 Å². The van der Waals surface area contributed by atoms with Gasteiger partial charge < -0.3 is 9.47 Å². The molecule has 0 unspecified atom stereocenters. The van der Waals surface area contributed by atoms with Gasteiger partial charge in [0.05, 0.1) is 13.0 Å². The fourth-order valence-corrected chi connectivity index (χ4v) is 1.70. The van der Waals surface area contributed by atoms with Gasteiger partial charge in [-0.25, -0.2) is 4.39 Å². The molecule has 0 bridgehead atoms. The van der Waals surface area contributed by atoms with Crippen molar-refractivity contribution in [2.45, 2.75) is 32.8 Å². The van der Waals surface area contributed by atoms with Gasteiger partial charge in [-0.2, -0.15) is 0 Å². The highest BCUT2D eigenvalue weighted by atomic mass is 79.9. The second-order valence-electron chi connectivity index (χ2n) is 4.79. The van der Waals surface area contributed by atoms with Gasteiger partial charge in [0.15, 0.2) is 0 Å². The van der Waals surface area contributed by atoms with Gasteiger partial charge in [-0.1, -0.05) is 15.9 Å². The zero-order valence-electron chi connectivity index (χ0n) is 10.6. The molecule has 0 radical (unpaired) electrons. The zero-order chi connectivity index (χ0) is 13.8. The fourth-order valence-electron chi connectivity index (χ4n) is 1.26. The molecule has 0 saturated heterocycles. The standard InChI is InChI=1S/C13H16BrFO3/c1-13(2,3)18-12(16)4-5-17-11-7-9(14)6-10(15)8-11/h6-8H,4-5H2,1-3H3. The quantitative estimate of drug-likeness (QED) is 0.794. The Balaban J connectivity index is 2.40. The highest BCUT2D eigenvalue weighted by molar-refractivity contribution is 9.10. The van der Waals surface area contributed by atoms with Crippen molar-refractivity contribution in [1.29, 1.82) is 0 Å². The lowest BCUT2D eigenvalue weighted by molar-refractivity contribution is -0.155. The molecule has 18 heavy (non-hydrogen) atoms. The number of carbonyl (C=O) groups is 1. The van der Waals surface area contributed by atoms with Crippen LogP contribution in [0.3, 0.4) is 0 Å². The van der Waals surface area contributed by atoms with E-state index in [1.165, 1.54) is 12.1 Å². The summed E-state index contributed by atoms with van der Waals surface area (Å²) in [5.41, 5.74) is -0.501. The van der Waals surface area contributed by atoms with Gasteiger partial charge >= 0.3 is 5.97 Å². The minimum absolute atomic E-state index is 0.130. The van der Waals surface area contributed by atoms with Gasteiger partial charge in [-0.15, -0.1) is 0 Å². The maximum Gasteiger partial charge on any atom is 0.309 e. The predicted molar refractivity (Wildman–Crippen MR) is 70.1 cm³/mol. The predicted octanol–water partition coefficient (Wildman–Crippen LogP) is 3.70. The Hall–Kier alpha value is -1.10. The SMILES string of the molecule is CC(C)(C)OC(=O)CCOc1cc(F)cc(Br)c1. The van der Waals surface area contributed by atoms with E-state index in [0.717, 1.165) is 0 Å². The van der Waals surface area contributed by atoms with Crippen molar-refractivity contribution in [2.24, 2.45) is 0 Å². The summed E-state index contributed by atoms with van der Waals surface area (Å²) in [6, 6.07) is 4.23. The van der Waals surface area contributed by atoms with E-state index in [0.29, 0.717) is 10.2 Å². The van der Waals surface area contributed by atoms with Crippen molar-refractivity contribution in [3.8, 4) is 5.75 Å². The van der Waals surface area contributed by atoms with Crippen LogP contribution in [0.5, 0.6) is 5.75 Å². The summed E-state index contributed by atoms with van der Waals surface area (Å²) >= 11 is 3.16. The van der Waals surface area contributed by atoms with E-state index in [4.69, 9.17) is 9.47 Å². The molecule has 0 fully saturated rings. The maximum absolute atomic E-state index is 13.0. The minimum atomic E-state index is -0.501. The van der Waals surface area contributed by atoms with E-state index < -0.39 is 11.4 Å². The summed E-state index contributed by atoms with van der Waals surface area (Å²) in [6.45, 7) is 5.56. The lowest BCUT2D eigenvalue weighted by Crippen LogP contribution is -2.24. The molecule has 0 aliphatic carbocycles. The molecule has 0 aliphatic rings. The van der Waals surface area contributed by atoms with Crippen LogP contribution in [0.2, 0.25) is 0 Å². The van der Waals surface area contributed by atoms with Crippen molar-refractivity contribution in [3.63, 3.8) is 0 Å². The third-order valence-corrected chi connectivity index (χ3v) is 2.29. The van der Waals surface area contributed by atoms with Crippen LogP contribution in [0.1, 0.15) is 27.2 Å². The van der Waals surface area contributed by atoms with E-state index in [9.17, 15) is 9.18 Å². The van der Waals surface area contributed by atoms with Crippen molar-refractivity contribution in [2.75, 3.05) is 6.61 Å². The van der Waals surface area contributed by atoms with Gasteiger partial charge in [0, 0.05) is 10.5 Å². The van der Waals surface area contributed by atoms with Gasteiger partial charge in [0.2, 0.25) is 0 Å². The third-order valence-electron chi connectivity index (χ3n) is 1.83. The van der Waals surface area contributed by atoms with Crippen LogP contribution in [0.25, 0.3) is 0 Å². The van der Waals surface area contributed by atoms with Crippen LogP contribution in [-0.4, -0.2) is 18.2 Å². The monoisotopic (exact) mass is 318 g/mol. The first-order valence-electron chi connectivity index (χ1n) is 5.57. The second kappa shape index (κ2) is 6.18. The summed E-state index contributed by atoms with van der Waals surface area (Å²) in [5.74, 6) is -0.347. The summed E-state index contributed by atoms with van der Waals surface area (Å²) in [7, 11) is 0. The lowest BCUT2D eigenvalue weighted by atomic mass is 10.2. The smallest absolute Gasteiger partial charge is 0.309 e. The Bertz CT molecular complexity index is 406. The zero-order valence-corrected chi connectivity index (χ0v) is 12.2. The van der Waals surface area contributed by atoms with E-state index in [2.05, 4.69) is 15.9 Å². The first kappa shape index (κ1) is 15.0. The van der Waals surface area contributed by atoms with E-state index >= 15 is 0 Å². The highest BCUT2D eigenvalue weighted by Crippen LogP contribution is 2.20. The first-order chi connectivity index (χ1) is 8.26. The summed E-state index contributed by atoms with van der Waals surface area (Å²) in [6.07, 6.45) is 0.130. The molecule has 0 atom stereocenters. The number of hydrogen-bond donors (Lipinski definition) is 0. The minimum Gasteiger partial charge on any atom is -0.493 e. The molecule has 1 aromatic carbocycles. The Morgan fingerprint density at radius 2 is 2.00 bits per heavy atom. The molecule has 0 aromatic heterocycles. The van der Waals surface area contributed by atoms with Gasteiger partial charge in [-0.3, -0.25) is 4.79 Å². The van der Waals surface area contributed by atoms with Crippen LogP contribution < -0.4 is 4.74 Å². The molecule has 0 N–H and O–H groups in total. The average molecular weight is 319 g/mol. The number of ether oxygens (including phenoxy) is 2. The molecule has 0 aliphatic heterocycles. The molecule has 0 amide bonds. The number of benzene rings is 1. The summed E-state index contributed by atoms with van der Waals surface area (Å²) in [5, 5.41) is 0. The molecule has 100 valence electrons. The molecule has 3 nitrogen and oxygen atoms in total. The van der Waals surface area contributed by atoms with E-state index in [-0.39, 0.29) is 19.0 Å². The summed E-state index contributed by atoms with van der Waals surface area (Å²) < 4.78 is 24.0. The third kappa shape index (κ3) is 6.00. The molecular formula is C13H16BrFO3. The Morgan fingerprint density at radius 1 is 1.33 bits per heavy atom. The van der Waals surface area contributed by atoms with Crippen LogP contribution >= 0.6 is 15.9 Å². The fraction of sp³-hybridized carbons (Fsp3) is 0.462. The number of carbonyl (C=O) groups excluding carboxylic acids is 1. The molecule has 0 heterocycles. The molecule has 1 rings (SSSR count). The Morgan fingerprint density at radius 3 is 2.56 bits per heavy atom. The van der Waals surface area contributed by atoms with Crippen molar-refractivity contribution in [3.05, 3.63) is 28.5 Å². The molecule has 5 heteroatoms. The first-order valence-corrected chi connectivity index (χ1v) is 6.36. The largest absolute Gasteiger partial charge is 0.493 e. The topological polar surface area (TPSA) is 35.5 Å². The van der Waals surface area contributed by atoms with Crippen molar-refractivity contribution < 1.29 is 18.7 Å². The number of rotatable bonds is 4. The highest BCUT2D eigenvalue weighted by Gasteiger charge is 2.15. The Labute approximate surface area is 114 Å². The van der Waals surface area contributed by atoms with Gasteiger partial charge in [-0.05, 0) is 32.9 Å². The molecule has 1 aromatic rings. The number of esters is 1. The van der Waals surface area contributed by atoms with Crippen LogP contribution in [0, 0.1) is 5.82 Å². The molecular weight excluding hydrogens is 303 g/mol. The van der Waals surface area contributed by atoms with Gasteiger partial charge in [0.1, 0.15) is 17.2 Å². The van der Waals surface area contributed by atoms with Crippen molar-refractivity contribution in [1.82, 2.24) is 0 Å². The molecule has 0 spiro atoms. The summed E-state index contributed by atoms with van der Waals surface area (Å²) in [4.78, 5) is 11.4. The number of halogens is 2. The number of hydrogen-bond acceptors (Lipinski definition) is 3. The van der Waals surface area contributed by atoms with Crippen LogP contribution in [0.4, 0.5) is 4.39 Å². The normalized spacial score (nSPS) is 11.2. The maximum atomic E-state index is 13.0. The molecule has 0 saturated carbocycles. The van der Waals surface area contributed by atoms with E-state index in [1.807, 2.05) is 0 Å². The van der Waals surface area contributed by atoms with Crippen LogP contribution in [0.15, 0.2) is 22.7 Å². The second-order valence-corrected chi connectivity index (χ2v) is 5.71. The Kier molecular flexibility index (Phi) is 5.14. The average Bonchev–Trinajstić information content (AvgIpc) is 2.12. The van der Waals surface area contributed by atoms with Gasteiger partial charge in [0.25, 0.3) is 0 Å².